The van der Waals surface area contributed by atoms with Crippen molar-refractivity contribution in [2.24, 2.45) is 5.41 Å². The molecule has 0 aliphatic rings. The van der Waals surface area contributed by atoms with Crippen LogP contribution >= 0.6 is 0 Å². The molecule has 0 fully saturated rings. The largest absolute Gasteiger partial charge is 0.481 e. The summed E-state index contributed by atoms with van der Waals surface area (Å²) >= 11 is 0. The third-order valence-corrected chi connectivity index (χ3v) is 3.55. The van der Waals surface area contributed by atoms with E-state index >= 15 is 0 Å². The summed E-state index contributed by atoms with van der Waals surface area (Å²) in [5.74, 6) is -0.756. The molecule has 2 aromatic rings. The number of para-hydroxylation sites is 1. The molecule has 3 nitrogen and oxygen atoms in total. The standard InChI is InChI=1S/C16H21NO2/c1-11(2)17-13(10-16(3,4)15(18)19)9-12-7-5-6-8-14(12)17/h5-9,11H,10H2,1-4H3,(H,18,19). The number of carboxylic acid groups (broad SMARTS) is 1. The van der Waals surface area contributed by atoms with Gasteiger partial charge >= 0.3 is 5.97 Å². The number of hydrogen-bond donors (Lipinski definition) is 1. The second-order valence-electron chi connectivity index (χ2n) is 6.02. The van der Waals surface area contributed by atoms with E-state index in [0.717, 1.165) is 5.69 Å². The highest BCUT2D eigenvalue weighted by molar-refractivity contribution is 5.82. The molecule has 0 amide bonds. The van der Waals surface area contributed by atoms with Crippen molar-refractivity contribution < 1.29 is 9.90 Å². The molecule has 1 aromatic carbocycles. The van der Waals surface area contributed by atoms with Crippen LogP contribution in [0.1, 0.15) is 39.4 Å². The first-order valence-corrected chi connectivity index (χ1v) is 6.65. The molecular weight excluding hydrogens is 238 g/mol. The fourth-order valence-corrected chi connectivity index (χ4v) is 2.51. The van der Waals surface area contributed by atoms with Crippen molar-refractivity contribution in [1.29, 1.82) is 0 Å². The monoisotopic (exact) mass is 259 g/mol. The Morgan fingerprint density at radius 1 is 1.32 bits per heavy atom. The van der Waals surface area contributed by atoms with E-state index in [0.29, 0.717) is 12.5 Å². The van der Waals surface area contributed by atoms with Crippen LogP contribution in [-0.2, 0) is 11.2 Å². The van der Waals surface area contributed by atoms with E-state index in [2.05, 4.69) is 36.6 Å². The van der Waals surface area contributed by atoms with Crippen LogP contribution < -0.4 is 0 Å². The number of carboxylic acids is 1. The summed E-state index contributed by atoms with van der Waals surface area (Å²) in [7, 11) is 0. The molecule has 0 aliphatic carbocycles. The predicted molar refractivity (Wildman–Crippen MR) is 77.4 cm³/mol. The van der Waals surface area contributed by atoms with E-state index < -0.39 is 11.4 Å². The molecule has 0 spiro atoms. The van der Waals surface area contributed by atoms with Gasteiger partial charge in [-0.25, -0.2) is 0 Å². The molecule has 1 heterocycles. The number of benzene rings is 1. The van der Waals surface area contributed by atoms with Gasteiger partial charge in [0.1, 0.15) is 0 Å². The topological polar surface area (TPSA) is 42.2 Å². The molecule has 1 N–H and O–H groups in total. The van der Waals surface area contributed by atoms with E-state index in [1.165, 1.54) is 10.9 Å². The molecule has 1 aromatic heterocycles. The Hall–Kier alpha value is -1.77. The predicted octanol–water partition coefficient (Wildman–Crippen LogP) is 3.88. The number of fused-ring (bicyclic) bond motifs is 1. The molecule has 0 aliphatic heterocycles. The minimum Gasteiger partial charge on any atom is -0.481 e. The zero-order chi connectivity index (χ0) is 14.2. The Morgan fingerprint density at radius 3 is 2.53 bits per heavy atom. The van der Waals surface area contributed by atoms with Crippen molar-refractivity contribution in [2.45, 2.75) is 40.2 Å². The summed E-state index contributed by atoms with van der Waals surface area (Å²) in [4.78, 5) is 11.3. The Kier molecular flexibility index (Phi) is 3.40. The first kappa shape index (κ1) is 13.7. The maximum Gasteiger partial charge on any atom is 0.309 e. The van der Waals surface area contributed by atoms with Crippen LogP contribution in [0, 0.1) is 5.41 Å². The van der Waals surface area contributed by atoms with Crippen molar-refractivity contribution >= 4 is 16.9 Å². The Morgan fingerprint density at radius 2 is 1.95 bits per heavy atom. The number of rotatable bonds is 4. The summed E-state index contributed by atoms with van der Waals surface area (Å²) in [6.45, 7) is 7.81. The Labute approximate surface area is 113 Å². The van der Waals surface area contributed by atoms with Crippen LogP contribution in [0.2, 0.25) is 0 Å². The molecule has 102 valence electrons. The summed E-state index contributed by atoms with van der Waals surface area (Å²) in [6.07, 6.45) is 0.537. The molecule has 0 saturated carbocycles. The smallest absolute Gasteiger partial charge is 0.309 e. The fourth-order valence-electron chi connectivity index (χ4n) is 2.51. The van der Waals surface area contributed by atoms with E-state index in [9.17, 15) is 9.90 Å². The Bertz CT molecular complexity index is 608. The second kappa shape index (κ2) is 4.72. The summed E-state index contributed by atoms with van der Waals surface area (Å²) in [5, 5.41) is 10.5. The van der Waals surface area contributed by atoms with Crippen molar-refractivity contribution in [3.05, 3.63) is 36.0 Å². The molecule has 0 unspecified atom stereocenters. The van der Waals surface area contributed by atoms with E-state index in [-0.39, 0.29) is 0 Å². The lowest BCUT2D eigenvalue weighted by molar-refractivity contribution is -0.146. The quantitative estimate of drug-likeness (QED) is 0.905. The highest BCUT2D eigenvalue weighted by atomic mass is 16.4. The molecule has 19 heavy (non-hydrogen) atoms. The van der Waals surface area contributed by atoms with Gasteiger partial charge in [0.05, 0.1) is 5.41 Å². The number of hydrogen-bond acceptors (Lipinski definition) is 1. The summed E-state index contributed by atoms with van der Waals surface area (Å²) in [6, 6.07) is 10.6. The lowest BCUT2D eigenvalue weighted by Crippen LogP contribution is -2.27. The normalized spacial score (nSPS) is 12.3. The average molecular weight is 259 g/mol. The zero-order valence-corrected chi connectivity index (χ0v) is 12.0. The number of aromatic nitrogens is 1. The van der Waals surface area contributed by atoms with Gasteiger partial charge in [0.2, 0.25) is 0 Å². The molecule has 0 atom stereocenters. The van der Waals surface area contributed by atoms with Crippen LogP contribution in [-0.4, -0.2) is 15.6 Å². The number of nitrogens with zero attached hydrogens (tertiary/aromatic N) is 1. The van der Waals surface area contributed by atoms with Crippen LogP contribution in [0.15, 0.2) is 30.3 Å². The highest BCUT2D eigenvalue weighted by Crippen LogP contribution is 2.29. The zero-order valence-electron chi connectivity index (χ0n) is 12.0. The summed E-state index contributed by atoms with van der Waals surface area (Å²) < 4.78 is 2.24. The number of carbonyl (C=O) groups is 1. The SMILES string of the molecule is CC(C)n1c(CC(C)(C)C(=O)O)cc2ccccc21. The Balaban J connectivity index is 2.54. The maximum absolute atomic E-state index is 11.3. The van der Waals surface area contributed by atoms with Gasteiger partial charge in [-0.2, -0.15) is 0 Å². The molecule has 2 rings (SSSR count). The fraction of sp³-hybridized carbons (Fsp3) is 0.438. The highest BCUT2D eigenvalue weighted by Gasteiger charge is 2.29. The van der Waals surface area contributed by atoms with E-state index in [1.54, 1.807) is 13.8 Å². The van der Waals surface area contributed by atoms with Gasteiger partial charge < -0.3 is 9.67 Å². The minimum atomic E-state index is -0.756. The third-order valence-electron chi connectivity index (χ3n) is 3.55. The van der Waals surface area contributed by atoms with Crippen molar-refractivity contribution in [1.82, 2.24) is 4.57 Å². The second-order valence-corrected chi connectivity index (χ2v) is 6.02. The van der Waals surface area contributed by atoms with Crippen LogP contribution in [0.3, 0.4) is 0 Å². The van der Waals surface area contributed by atoms with Crippen LogP contribution in [0.4, 0.5) is 0 Å². The van der Waals surface area contributed by atoms with E-state index in [1.807, 2.05) is 12.1 Å². The van der Waals surface area contributed by atoms with Gasteiger partial charge in [-0.05, 0) is 45.2 Å². The first-order valence-electron chi connectivity index (χ1n) is 6.65. The van der Waals surface area contributed by atoms with Gasteiger partial charge in [-0.15, -0.1) is 0 Å². The van der Waals surface area contributed by atoms with Crippen LogP contribution in [0.5, 0.6) is 0 Å². The van der Waals surface area contributed by atoms with Gasteiger partial charge in [0.15, 0.2) is 0 Å². The van der Waals surface area contributed by atoms with Crippen molar-refractivity contribution in [3.8, 4) is 0 Å². The lowest BCUT2D eigenvalue weighted by atomic mass is 9.88. The summed E-state index contributed by atoms with van der Waals surface area (Å²) in [5.41, 5.74) is 1.51. The first-order chi connectivity index (χ1) is 8.83. The number of aliphatic carboxylic acids is 1. The lowest BCUT2D eigenvalue weighted by Gasteiger charge is -2.22. The van der Waals surface area contributed by atoms with Gasteiger partial charge in [0.25, 0.3) is 0 Å². The third kappa shape index (κ3) is 2.50. The van der Waals surface area contributed by atoms with Crippen molar-refractivity contribution in [2.75, 3.05) is 0 Å². The van der Waals surface area contributed by atoms with Gasteiger partial charge in [-0.1, -0.05) is 18.2 Å². The van der Waals surface area contributed by atoms with E-state index in [4.69, 9.17) is 0 Å². The molecule has 0 saturated heterocycles. The van der Waals surface area contributed by atoms with Gasteiger partial charge in [0, 0.05) is 23.7 Å². The average Bonchev–Trinajstić information content (AvgIpc) is 2.65. The molecular formula is C16H21NO2. The minimum absolute atomic E-state index is 0.319. The molecule has 0 radical (unpaired) electrons. The molecule has 0 bridgehead atoms. The van der Waals surface area contributed by atoms with Crippen molar-refractivity contribution in [3.63, 3.8) is 0 Å². The van der Waals surface area contributed by atoms with Crippen LogP contribution in [0.25, 0.3) is 10.9 Å². The molecule has 3 heteroatoms. The maximum atomic E-state index is 11.3. The van der Waals surface area contributed by atoms with Gasteiger partial charge in [-0.3, -0.25) is 4.79 Å².